The zero-order valence-corrected chi connectivity index (χ0v) is 13.1. The molecule has 4 nitrogen and oxygen atoms in total. The lowest BCUT2D eigenvalue weighted by Crippen LogP contribution is -2.19. The van der Waals surface area contributed by atoms with Crippen molar-refractivity contribution in [3.8, 4) is 11.5 Å². The maximum absolute atomic E-state index is 5.90. The summed E-state index contributed by atoms with van der Waals surface area (Å²) in [5.74, 6) is 1.47. The summed E-state index contributed by atoms with van der Waals surface area (Å²) in [7, 11) is 0. The van der Waals surface area contributed by atoms with Gasteiger partial charge < -0.3 is 15.4 Å². The van der Waals surface area contributed by atoms with E-state index in [0.29, 0.717) is 10.9 Å². The number of para-hydroxylation sites is 3. The first-order chi connectivity index (χ1) is 11.3. The van der Waals surface area contributed by atoms with Crippen LogP contribution in [0.15, 0.2) is 79.1 Å². The predicted molar refractivity (Wildman–Crippen MR) is 97.0 cm³/mol. The third kappa shape index (κ3) is 4.28. The highest BCUT2D eigenvalue weighted by molar-refractivity contribution is 7.80. The molecule has 2 N–H and O–H groups in total. The average molecular weight is 321 g/mol. The Hall–Kier alpha value is -2.92. The maximum atomic E-state index is 5.90. The molecule has 0 aliphatic heterocycles. The molecule has 23 heavy (non-hydrogen) atoms. The van der Waals surface area contributed by atoms with E-state index in [1.54, 1.807) is 12.4 Å². The van der Waals surface area contributed by atoms with Gasteiger partial charge in [0.25, 0.3) is 0 Å². The second kappa shape index (κ2) is 7.38. The summed E-state index contributed by atoms with van der Waals surface area (Å²) in [5, 5.41) is 6.70. The summed E-state index contributed by atoms with van der Waals surface area (Å²) in [6.45, 7) is 0. The number of nitrogens with one attached hydrogen (secondary N) is 2. The molecule has 0 saturated heterocycles. The van der Waals surface area contributed by atoms with Crippen LogP contribution in [0.2, 0.25) is 0 Å². The van der Waals surface area contributed by atoms with Crippen LogP contribution >= 0.6 is 12.2 Å². The van der Waals surface area contributed by atoms with Gasteiger partial charge in [-0.2, -0.15) is 0 Å². The van der Waals surface area contributed by atoms with E-state index in [0.717, 1.165) is 17.1 Å². The van der Waals surface area contributed by atoms with Crippen molar-refractivity contribution >= 4 is 28.7 Å². The normalized spacial score (nSPS) is 9.91. The number of hydrogen-bond acceptors (Lipinski definition) is 3. The van der Waals surface area contributed by atoms with Gasteiger partial charge >= 0.3 is 0 Å². The molecule has 3 aromatic rings. The van der Waals surface area contributed by atoms with Gasteiger partial charge in [-0.1, -0.05) is 30.3 Å². The molecule has 0 bridgehead atoms. The zero-order valence-electron chi connectivity index (χ0n) is 12.3. The van der Waals surface area contributed by atoms with E-state index < -0.39 is 0 Å². The van der Waals surface area contributed by atoms with Gasteiger partial charge in [0, 0.05) is 6.20 Å². The Bertz CT molecular complexity index is 779. The topological polar surface area (TPSA) is 46.2 Å². The van der Waals surface area contributed by atoms with E-state index in [1.807, 2.05) is 66.7 Å². The minimum absolute atomic E-state index is 0.474. The van der Waals surface area contributed by atoms with Gasteiger partial charge in [-0.25, -0.2) is 0 Å². The SMILES string of the molecule is S=C(Nc1cccnc1)Nc1ccccc1Oc1ccccc1. The fourth-order valence-electron chi connectivity index (χ4n) is 2.00. The van der Waals surface area contributed by atoms with Gasteiger partial charge in [-0.3, -0.25) is 4.98 Å². The average Bonchev–Trinajstić information content (AvgIpc) is 2.58. The lowest BCUT2D eigenvalue weighted by molar-refractivity contribution is 0.485. The third-order valence-electron chi connectivity index (χ3n) is 3.03. The minimum atomic E-state index is 0.474. The summed E-state index contributed by atoms with van der Waals surface area (Å²) >= 11 is 5.34. The van der Waals surface area contributed by atoms with Crippen LogP contribution in [-0.2, 0) is 0 Å². The molecular weight excluding hydrogens is 306 g/mol. The first kappa shape index (κ1) is 15.0. The molecule has 0 amide bonds. The van der Waals surface area contributed by atoms with E-state index in [1.165, 1.54) is 0 Å². The van der Waals surface area contributed by atoms with Crippen molar-refractivity contribution < 1.29 is 4.74 Å². The molecule has 0 aliphatic rings. The molecule has 0 atom stereocenters. The second-order valence-electron chi connectivity index (χ2n) is 4.73. The summed E-state index contributed by atoms with van der Waals surface area (Å²) in [5.41, 5.74) is 1.62. The van der Waals surface area contributed by atoms with Crippen LogP contribution < -0.4 is 15.4 Å². The first-order valence-corrected chi connectivity index (χ1v) is 7.52. The molecule has 0 saturated carbocycles. The number of nitrogens with zero attached hydrogens (tertiary/aromatic N) is 1. The minimum Gasteiger partial charge on any atom is -0.455 e. The van der Waals surface area contributed by atoms with Crippen LogP contribution in [0.5, 0.6) is 11.5 Å². The Morgan fingerprint density at radius 3 is 2.43 bits per heavy atom. The van der Waals surface area contributed by atoms with Gasteiger partial charge in [0.15, 0.2) is 10.9 Å². The van der Waals surface area contributed by atoms with Crippen molar-refractivity contribution in [2.24, 2.45) is 0 Å². The van der Waals surface area contributed by atoms with Crippen LogP contribution in [0.1, 0.15) is 0 Å². The van der Waals surface area contributed by atoms with E-state index in [-0.39, 0.29) is 0 Å². The number of anilines is 2. The highest BCUT2D eigenvalue weighted by Crippen LogP contribution is 2.29. The van der Waals surface area contributed by atoms with Gasteiger partial charge in [-0.05, 0) is 48.6 Å². The number of aromatic nitrogens is 1. The van der Waals surface area contributed by atoms with E-state index >= 15 is 0 Å². The van der Waals surface area contributed by atoms with Crippen molar-refractivity contribution in [2.45, 2.75) is 0 Å². The predicted octanol–water partition coefficient (Wildman–Crippen LogP) is 4.68. The molecule has 0 fully saturated rings. The van der Waals surface area contributed by atoms with E-state index in [2.05, 4.69) is 15.6 Å². The molecule has 0 aliphatic carbocycles. The lowest BCUT2D eigenvalue weighted by Gasteiger charge is -2.14. The second-order valence-corrected chi connectivity index (χ2v) is 5.14. The molecule has 0 spiro atoms. The zero-order chi connectivity index (χ0) is 15.9. The Morgan fingerprint density at radius 1 is 0.870 bits per heavy atom. The smallest absolute Gasteiger partial charge is 0.175 e. The summed E-state index contributed by atoms with van der Waals surface area (Å²) in [6.07, 6.45) is 3.42. The Morgan fingerprint density at radius 2 is 1.65 bits per heavy atom. The van der Waals surface area contributed by atoms with Crippen molar-refractivity contribution in [1.82, 2.24) is 4.98 Å². The van der Waals surface area contributed by atoms with Crippen LogP contribution in [0.4, 0.5) is 11.4 Å². The molecule has 0 radical (unpaired) electrons. The monoisotopic (exact) mass is 321 g/mol. The van der Waals surface area contributed by atoms with Crippen molar-refractivity contribution in [1.29, 1.82) is 0 Å². The summed E-state index contributed by atoms with van der Waals surface area (Å²) in [4.78, 5) is 4.04. The fraction of sp³-hybridized carbons (Fsp3) is 0. The third-order valence-corrected chi connectivity index (χ3v) is 3.23. The standard InChI is InChI=1S/C18H15N3OS/c23-18(20-14-7-6-12-19-13-14)21-16-10-4-5-11-17(16)22-15-8-2-1-3-9-15/h1-13H,(H2,20,21,23). The number of pyridine rings is 1. The highest BCUT2D eigenvalue weighted by atomic mass is 32.1. The van der Waals surface area contributed by atoms with Crippen LogP contribution in [0.3, 0.4) is 0 Å². The molecule has 114 valence electrons. The van der Waals surface area contributed by atoms with Gasteiger partial charge in [0.05, 0.1) is 17.6 Å². The Balaban J connectivity index is 1.71. The largest absolute Gasteiger partial charge is 0.455 e. The molecule has 0 unspecified atom stereocenters. The van der Waals surface area contributed by atoms with Gasteiger partial charge in [-0.15, -0.1) is 0 Å². The summed E-state index contributed by atoms with van der Waals surface area (Å²) in [6, 6.07) is 21.0. The van der Waals surface area contributed by atoms with Crippen LogP contribution in [0.25, 0.3) is 0 Å². The number of rotatable bonds is 4. The number of thiocarbonyl (C=S) groups is 1. The van der Waals surface area contributed by atoms with Gasteiger partial charge in [0.1, 0.15) is 5.75 Å². The first-order valence-electron chi connectivity index (χ1n) is 7.11. The Kier molecular flexibility index (Phi) is 4.81. The van der Waals surface area contributed by atoms with Crippen LogP contribution in [0, 0.1) is 0 Å². The molecule has 1 aromatic heterocycles. The molecular formula is C18H15N3OS. The van der Waals surface area contributed by atoms with Gasteiger partial charge in [0.2, 0.25) is 0 Å². The van der Waals surface area contributed by atoms with Crippen molar-refractivity contribution in [3.63, 3.8) is 0 Å². The quantitative estimate of drug-likeness (QED) is 0.683. The van der Waals surface area contributed by atoms with E-state index in [4.69, 9.17) is 17.0 Å². The van der Waals surface area contributed by atoms with Crippen molar-refractivity contribution in [2.75, 3.05) is 10.6 Å². The fourth-order valence-corrected chi connectivity index (χ4v) is 2.22. The molecule has 5 heteroatoms. The number of ether oxygens (including phenoxy) is 1. The number of benzene rings is 2. The summed E-state index contributed by atoms with van der Waals surface area (Å²) < 4.78 is 5.90. The molecule has 3 rings (SSSR count). The maximum Gasteiger partial charge on any atom is 0.175 e. The van der Waals surface area contributed by atoms with E-state index in [9.17, 15) is 0 Å². The molecule has 1 heterocycles. The molecule has 2 aromatic carbocycles. The van der Waals surface area contributed by atoms with Crippen LogP contribution in [-0.4, -0.2) is 10.1 Å². The van der Waals surface area contributed by atoms with Crippen molar-refractivity contribution in [3.05, 3.63) is 79.1 Å². The Labute approximate surface area is 140 Å². The number of hydrogen-bond donors (Lipinski definition) is 2. The highest BCUT2D eigenvalue weighted by Gasteiger charge is 2.06. The lowest BCUT2D eigenvalue weighted by atomic mass is 10.3.